The van der Waals surface area contributed by atoms with Crippen LogP contribution in [-0.2, 0) is 24.7 Å². The highest BCUT2D eigenvalue weighted by atomic mass is 35.5. The molecule has 4 unspecified atom stereocenters. The number of benzene rings is 2. The number of anilines is 2. The monoisotopic (exact) mass is 493 g/mol. The fourth-order valence-electron chi connectivity index (χ4n) is 6.65. The fraction of sp³-hybridized carbons (Fsp3) is 0.385. The number of fused-ring (bicyclic) bond motifs is 7. The predicted octanol–water partition coefficient (Wildman–Crippen LogP) is 3.26. The van der Waals surface area contributed by atoms with E-state index in [1.807, 2.05) is 6.92 Å². The van der Waals surface area contributed by atoms with Crippen LogP contribution >= 0.6 is 11.6 Å². The summed E-state index contributed by atoms with van der Waals surface area (Å²) in [4.78, 5) is 56.8. The minimum Gasteiger partial charge on any atom is -0.462 e. The number of hydrogen-bond acceptors (Lipinski definition) is 6. The SMILES string of the molecule is CCOC(=O)c1ccc(N2C(=O)C3C4CCCN4C4(C(=O)Nc5c(C)cc(Cl)cc54)C3C2=O)cc1. The van der Waals surface area contributed by atoms with Gasteiger partial charge in [-0.2, -0.15) is 0 Å². The Hall–Kier alpha value is -3.23. The second-order valence-corrected chi connectivity index (χ2v) is 9.99. The van der Waals surface area contributed by atoms with E-state index < -0.39 is 29.3 Å². The molecule has 0 aliphatic carbocycles. The van der Waals surface area contributed by atoms with Crippen LogP contribution in [0.1, 0.15) is 41.3 Å². The summed E-state index contributed by atoms with van der Waals surface area (Å²) >= 11 is 6.42. The van der Waals surface area contributed by atoms with Gasteiger partial charge in [0.25, 0.3) is 0 Å². The molecule has 4 atom stereocenters. The van der Waals surface area contributed by atoms with Gasteiger partial charge in [-0.15, -0.1) is 0 Å². The summed E-state index contributed by atoms with van der Waals surface area (Å²) in [6, 6.07) is 9.57. The molecule has 0 saturated carbocycles. The number of esters is 1. The number of carbonyl (C=O) groups is 4. The number of nitrogens with one attached hydrogen (secondary N) is 1. The second-order valence-electron chi connectivity index (χ2n) is 9.55. The number of ether oxygens (including phenoxy) is 1. The van der Waals surface area contributed by atoms with Crippen molar-refractivity contribution in [3.8, 4) is 0 Å². The Bertz CT molecular complexity index is 1310. The molecule has 0 aromatic heterocycles. The molecule has 1 N–H and O–H groups in total. The van der Waals surface area contributed by atoms with Gasteiger partial charge in [0.2, 0.25) is 17.7 Å². The van der Waals surface area contributed by atoms with Crippen molar-refractivity contribution in [2.45, 2.75) is 38.3 Å². The lowest BCUT2D eigenvalue weighted by Crippen LogP contribution is -2.54. The molecule has 1 spiro atoms. The van der Waals surface area contributed by atoms with Crippen molar-refractivity contribution in [1.82, 2.24) is 4.90 Å². The molecule has 0 radical (unpaired) electrons. The third-order valence-corrected chi connectivity index (χ3v) is 8.12. The van der Waals surface area contributed by atoms with Crippen LogP contribution in [0, 0.1) is 18.8 Å². The molecule has 0 bridgehead atoms. The fourth-order valence-corrected chi connectivity index (χ4v) is 6.92. The average molecular weight is 494 g/mol. The molecule has 3 fully saturated rings. The van der Waals surface area contributed by atoms with Crippen molar-refractivity contribution < 1.29 is 23.9 Å². The third kappa shape index (κ3) is 2.78. The van der Waals surface area contributed by atoms with Crippen LogP contribution in [0.25, 0.3) is 0 Å². The largest absolute Gasteiger partial charge is 0.462 e. The number of halogens is 1. The van der Waals surface area contributed by atoms with Crippen molar-refractivity contribution >= 4 is 46.7 Å². The Morgan fingerprint density at radius 2 is 1.91 bits per heavy atom. The molecule has 3 amide bonds. The molecule has 180 valence electrons. The number of imide groups is 1. The molecule has 4 aliphatic rings. The minimum atomic E-state index is -1.27. The van der Waals surface area contributed by atoms with E-state index >= 15 is 0 Å². The van der Waals surface area contributed by atoms with E-state index in [0.717, 1.165) is 18.4 Å². The minimum absolute atomic E-state index is 0.212. The zero-order valence-corrected chi connectivity index (χ0v) is 20.1. The Morgan fingerprint density at radius 1 is 1.17 bits per heavy atom. The topological polar surface area (TPSA) is 96.0 Å². The molecular formula is C26H24ClN3O5. The summed E-state index contributed by atoms with van der Waals surface area (Å²) in [6.45, 7) is 4.47. The number of amides is 3. The van der Waals surface area contributed by atoms with E-state index in [-0.39, 0.29) is 24.5 Å². The van der Waals surface area contributed by atoms with Crippen molar-refractivity contribution in [2.75, 3.05) is 23.4 Å². The zero-order chi connectivity index (χ0) is 24.6. The summed E-state index contributed by atoms with van der Waals surface area (Å²) < 4.78 is 5.02. The van der Waals surface area contributed by atoms with Crippen LogP contribution in [0.3, 0.4) is 0 Å². The highest BCUT2D eigenvalue weighted by Gasteiger charge is 2.74. The molecule has 3 saturated heterocycles. The van der Waals surface area contributed by atoms with Crippen LogP contribution in [0.2, 0.25) is 5.02 Å². The van der Waals surface area contributed by atoms with Gasteiger partial charge in [0, 0.05) is 22.3 Å². The van der Waals surface area contributed by atoms with Crippen molar-refractivity contribution in [2.24, 2.45) is 11.8 Å². The lowest BCUT2D eigenvalue weighted by molar-refractivity contribution is -0.135. The maximum absolute atomic E-state index is 14.0. The Kier molecular flexibility index (Phi) is 4.85. The summed E-state index contributed by atoms with van der Waals surface area (Å²) in [5, 5.41) is 3.49. The second kappa shape index (κ2) is 7.63. The zero-order valence-electron chi connectivity index (χ0n) is 19.3. The van der Waals surface area contributed by atoms with Crippen LogP contribution in [0.5, 0.6) is 0 Å². The van der Waals surface area contributed by atoms with Crippen LogP contribution < -0.4 is 10.2 Å². The van der Waals surface area contributed by atoms with Crippen molar-refractivity contribution in [3.05, 3.63) is 58.1 Å². The van der Waals surface area contributed by atoms with E-state index in [1.54, 1.807) is 43.3 Å². The number of rotatable bonds is 3. The standard InChI is InChI=1S/C26H24ClN3O5/c1-3-35-24(33)14-6-8-16(9-7-14)30-22(31)19-18-5-4-10-29(18)26(20(19)23(30)32)17-12-15(27)11-13(2)21(17)28-25(26)34/h6-9,11-12,18-20H,3-5,10H2,1-2H3,(H,28,34). The molecule has 35 heavy (non-hydrogen) atoms. The quantitative estimate of drug-likeness (QED) is 0.521. The van der Waals surface area contributed by atoms with Gasteiger partial charge in [0.05, 0.1) is 29.7 Å². The van der Waals surface area contributed by atoms with Crippen LogP contribution in [0.4, 0.5) is 11.4 Å². The molecule has 4 aliphatic heterocycles. The molecule has 4 heterocycles. The molecule has 6 rings (SSSR count). The first kappa shape index (κ1) is 22.2. The molecule has 2 aromatic carbocycles. The highest BCUT2D eigenvalue weighted by Crippen LogP contribution is 2.61. The Morgan fingerprint density at radius 3 is 2.63 bits per heavy atom. The number of aryl methyl sites for hydroxylation is 1. The number of nitrogens with zero attached hydrogens (tertiary/aromatic N) is 2. The molecular weight excluding hydrogens is 470 g/mol. The molecule has 8 nitrogen and oxygen atoms in total. The number of carbonyl (C=O) groups excluding carboxylic acids is 4. The average Bonchev–Trinajstić information content (AvgIpc) is 3.53. The summed E-state index contributed by atoms with van der Waals surface area (Å²) in [6.07, 6.45) is 1.58. The van der Waals surface area contributed by atoms with Crippen LogP contribution in [0.15, 0.2) is 36.4 Å². The van der Waals surface area contributed by atoms with Gasteiger partial charge in [-0.25, -0.2) is 9.69 Å². The first-order valence-electron chi connectivity index (χ1n) is 11.8. The Balaban J connectivity index is 1.46. The van der Waals surface area contributed by atoms with Gasteiger partial charge in [0.15, 0.2) is 0 Å². The summed E-state index contributed by atoms with van der Waals surface area (Å²) in [5.41, 5.74) is 1.60. The van der Waals surface area contributed by atoms with Gasteiger partial charge in [-0.3, -0.25) is 19.3 Å². The van der Waals surface area contributed by atoms with Gasteiger partial charge in [-0.05, 0) is 75.2 Å². The highest BCUT2D eigenvalue weighted by molar-refractivity contribution is 6.31. The van der Waals surface area contributed by atoms with Gasteiger partial charge >= 0.3 is 5.97 Å². The van der Waals surface area contributed by atoms with E-state index in [1.165, 1.54) is 4.90 Å². The van der Waals surface area contributed by atoms with Gasteiger partial charge < -0.3 is 10.1 Å². The van der Waals surface area contributed by atoms with Crippen LogP contribution in [-0.4, -0.2) is 47.8 Å². The first-order chi connectivity index (χ1) is 16.8. The maximum Gasteiger partial charge on any atom is 0.338 e. The van der Waals surface area contributed by atoms with E-state index in [9.17, 15) is 19.2 Å². The lowest BCUT2D eigenvalue weighted by atomic mass is 9.75. The van der Waals surface area contributed by atoms with E-state index in [2.05, 4.69) is 10.2 Å². The smallest absolute Gasteiger partial charge is 0.338 e. The lowest BCUT2D eigenvalue weighted by Gasteiger charge is -2.36. The van der Waals surface area contributed by atoms with Crippen molar-refractivity contribution in [1.29, 1.82) is 0 Å². The summed E-state index contributed by atoms with van der Waals surface area (Å²) in [7, 11) is 0. The van der Waals surface area contributed by atoms with E-state index in [4.69, 9.17) is 16.3 Å². The Labute approximate surface area is 207 Å². The predicted molar refractivity (Wildman–Crippen MR) is 128 cm³/mol. The summed E-state index contributed by atoms with van der Waals surface area (Å²) in [5.74, 6) is -2.95. The third-order valence-electron chi connectivity index (χ3n) is 7.90. The molecule has 9 heteroatoms. The normalized spacial score (nSPS) is 28.9. The maximum atomic E-state index is 14.0. The van der Waals surface area contributed by atoms with Gasteiger partial charge in [0.1, 0.15) is 5.54 Å². The van der Waals surface area contributed by atoms with Gasteiger partial charge in [-0.1, -0.05) is 11.6 Å². The number of hydrogen-bond donors (Lipinski definition) is 1. The van der Waals surface area contributed by atoms with E-state index in [0.29, 0.717) is 34.1 Å². The first-order valence-corrected chi connectivity index (χ1v) is 12.2. The molecule has 2 aromatic rings. The van der Waals surface area contributed by atoms with Crippen molar-refractivity contribution in [3.63, 3.8) is 0 Å².